The van der Waals surface area contributed by atoms with Crippen molar-refractivity contribution in [1.29, 1.82) is 0 Å². The van der Waals surface area contributed by atoms with E-state index >= 15 is 0 Å². The largest absolute Gasteiger partial charge is 0.493 e. The molecule has 3 saturated heterocycles. The maximum absolute atomic E-state index is 10.6. The van der Waals surface area contributed by atoms with Crippen molar-refractivity contribution in [2.45, 2.75) is 110 Å². The number of piperidine rings is 3. The lowest BCUT2D eigenvalue weighted by Crippen LogP contribution is -2.64. The molecule has 15 rings (SSSR count). The number of aliphatic hydroxyl groups excluding tert-OH is 3. The van der Waals surface area contributed by atoms with Gasteiger partial charge in [0, 0.05) is 68.8 Å². The molecule has 0 aromatic heterocycles. The summed E-state index contributed by atoms with van der Waals surface area (Å²) in [6.07, 6.45) is 16.4. The Kier molecular flexibility index (Phi) is 8.69. The molecule has 6 heterocycles. The van der Waals surface area contributed by atoms with Crippen LogP contribution in [0.1, 0.15) is 52.6 Å². The second-order valence-corrected chi connectivity index (χ2v) is 20.4. The molecule has 0 saturated carbocycles. The van der Waals surface area contributed by atoms with Crippen molar-refractivity contribution in [3.8, 4) is 34.5 Å². The Balaban J connectivity index is 0.0000000967. The van der Waals surface area contributed by atoms with Gasteiger partial charge in [-0.25, -0.2) is 0 Å². The van der Waals surface area contributed by atoms with Gasteiger partial charge in [0.15, 0.2) is 34.5 Å². The van der Waals surface area contributed by atoms with Gasteiger partial charge in [0.2, 0.25) is 0 Å². The number of nitrogens with one attached hydrogen (secondary N) is 2. The quantitative estimate of drug-likeness (QED) is 0.245. The molecule has 3 fully saturated rings. The van der Waals surface area contributed by atoms with E-state index in [0.29, 0.717) is 35.9 Å². The average molecular weight is 870 g/mol. The Morgan fingerprint density at radius 2 is 0.922 bits per heavy atom. The van der Waals surface area contributed by atoms with E-state index in [1.165, 1.54) is 33.4 Å². The molecule has 3 aromatic rings. The van der Waals surface area contributed by atoms with Crippen molar-refractivity contribution in [3.63, 3.8) is 0 Å². The summed E-state index contributed by atoms with van der Waals surface area (Å²) in [6, 6.07) is 13.9. The first-order valence-electron chi connectivity index (χ1n) is 23.5. The van der Waals surface area contributed by atoms with Crippen LogP contribution in [0.5, 0.6) is 34.5 Å². The van der Waals surface area contributed by atoms with Crippen LogP contribution in [0.25, 0.3) is 0 Å². The number of aliphatic hydroxyl groups is 3. The lowest BCUT2D eigenvalue weighted by Gasteiger charge is -2.56. The van der Waals surface area contributed by atoms with Gasteiger partial charge in [0.1, 0.15) is 36.6 Å². The van der Waals surface area contributed by atoms with Gasteiger partial charge in [-0.05, 0) is 100 Å². The predicted octanol–water partition coefficient (Wildman–Crippen LogP) is 3.82. The van der Waals surface area contributed by atoms with Crippen LogP contribution in [0.2, 0.25) is 0 Å². The first-order valence-corrected chi connectivity index (χ1v) is 23.5. The molecule has 5 N–H and O–H groups in total. The smallest absolute Gasteiger partial charge is 0.165 e. The van der Waals surface area contributed by atoms with Gasteiger partial charge in [-0.1, -0.05) is 54.7 Å². The number of likely N-dealkylation sites (tertiary alicyclic amines) is 1. The molecule has 6 bridgehead atoms. The summed E-state index contributed by atoms with van der Waals surface area (Å²) in [5, 5.41) is 38.8. The van der Waals surface area contributed by atoms with Crippen molar-refractivity contribution in [2.24, 2.45) is 17.8 Å². The molecule has 6 aliphatic heterocycles. The van der Waals surface area contributed by atoms with E-state index in [2.05, 4.69) is 59.0 Å². The summed E-state index contributed by atoms with van der Waals surface area (Å²) in [7, 11) is 7.27. The van der Waals surface area contributed by atoms with Crippen molar-refractivity contribution >= 4 is 0 Å². The van der Waals surface area contributed by atoms with E-state index in [4.69, 9.17) is 28.4 Å². The van der Waals surface area contributed by atoms with Gasteiger partial charge in [-0.15, -0.1) is 0 Å². The third-order valence-corrected chi connectivity index (χ3v) is 18.1. The number of hydrogen-bond donors (Lipinski definition) is 5. The molecular formula is C52H59N3O9. The lowest BCUT2D eigenvalue weighted by atomic mass is 9.53. The van der Waals surface area contributed by atoms with Crippen molar-refractivity contribution in [2.75, 3.05) is 48.0 Å². The van der Waals surface area contributed by atoms with E-state index in [9.17, 15) is 15.3 Å². The van der Waals surface area contributed by atoms with Gasteiger partial charge in [-0.3, -0.25) is 0 Å². The first-order chi connectivity index (χ1) is 31.2. The van der Waals surface area contributed by atoms with Crippen LogP contribution in [0, 0.1) is 17.8 Å². The molecule has 64 heavy (non-hydrogen) atoms. The third-order valence-electron chi connectivity index (χ3n) is 18.1. The van der Waals surface area contributed by atoms with Gasteiger partial charge in [0.25, 0.3) is 0 Å². The number of rotatable bonds is 3. The zero-order chi connectivity index (χ0) is 43.4. The van der Waals surface area contributed by atoms with Crippen LogP contribution >= 0.6 is 0 Å². The Hall–Kier alpha value is -4.56. The van der Waals surface area contributed by atoms with Gasteiger partial charge in [-0.2, -0.15) is 0 Å². The zero-order valence-corrected chi connectivity index (χ0v) is 37.0. The van der Waals surface area contributed by atoms with E-state index in [1.807, 2.05) is 36.4 Å². The molecule has 12 aliphatic rings. The number of benzene rings is 3. The SMILES string of the molecule is COc1ccc2c3c1O[C@H]1[C@@H](O)C=C[C@H]4[C@@H](C2)N(C)CC[C@@]341.COc1ccc2c3c1O[C@H]1[C@@H](O)C=C[C@H]4[C@@H](C2)NCC[C@@]341.COc1ccc2c3c1O[C@H]1[C@@H](O)C=C[C@H]4[C@@H](C2)NCC[C@@]341. The molecule has 0 radical (unpaired) electrons. The zero-order valence-electron chi connectivity index (χ0n) is 37.0. The topological polar surface area (TPSA) is 143 Å². The lowest BCUT2D eigenvalue weighted by molar-refractivity contribution is -0.0453. The number of methoxy groups -OCH3 is 3. The summed E-state index contributed by atoms with van der Waals surface area (Å²) in [6.45, 7) is 3.02. The van der Waals surface area contributed by atoms with Crippen LogP contribution in [0.15, 0.2) is 72.9 Å². The maximum Gasteiger partial charge on any atom is 0.165 e. The standard InChI is InChI=1S/C18H21NO3.2C17H19NO3/c1-19-8-7-18-11-4-5-13(20)17(18)22-16-14(21-2)6-3-10(15(16)18)9-12(11)19;2*1-20-13-5-2-9-8-11-10-3-4-12(19)16-17(10,6-7-18-11)14(9)15(13)21-16/h3-6,11-13,17,20H,7-9H2,1-2H3;2*2-5,10-12,16,18-19H,6-8H2,1H3/t11-,12+,13-,17-,18-;2*10-,11+,12-,16-,17-/m000/s1. The minimum absolute atomic E-state index is 0.0806. The van der Waals surface area contributed by atoms with E-state index < -0.39 is 18.3 Å². The molecule has 12 nitrogen and oxygen atoms in total. The van der Waals surface area contributed by atoms with Crippen LogP contribution in [0.4, 0.5) is 0 Å². The molecule has 12 heteroatoms. The summed E-state index contributed by atoms with van der Waals surface area (Å²) in [5.74, 6) is 6.22. The number of nitrogens with zero attached hydrogens (tertiary/aromatic N) is 1. The summed E-state index contributed by atoms with van der Waals surface area (Å²) < 4.78 is 35.4. The average Bonchev–Trinajstić information content (AvgIpc) is 3.96. The van der Waals surface area contributed by atoms with Gasteiger partial charge in [0.05, 0.1) is 21.3 Å². The number of ether oxygens (including phenoxy) is 6. The third kappa shape index (κ3) is 4.89. The molecular weight excluding hydrogens is 811 g/mol. The fraction of sp³-hybridized carbons (Fsp3) is 0.538. The van der Waals surface area contributed by atoms with E-state index in [-0.39, 0.29) is 34.6 Å². The van der Waals surface area contributed by atoms with Crippen LogP contribution in [-0.2, 0) is 35.5 Å². The van der Waals surface area contributed by atoms with Crippen molar-refractivity contribution in [3.05, 3.63) is 106 Å². The number of likely N-dealkylation sites (N-methyl/N-ethyl adjacent to an activating group) is 1. The molecule has 0 unspecified atom stereocenters. The van der Waals surface area contributed by atoms with E-state index in [0.717, 1.165) is 92.7 Å². The Labute approximate surface area is 374 Å². The van der Waals surface area contributed by atoms with Gasteiger partial charge >= 0.3 is 0 Å². The number of hydrogen-bond acceptors (Lipinski definition) is 12. The molecule has 6 aliphatic carbocycles. The highest BCUT2D eigenvalue weighted by molar-refractivity contribution is 5.65. The Bertz CT molecular complexity index is 2430. The van der Waals surface area contributed by atoms with E-state index in [1.54, 1.807) is 21.3 Å². The van der Waals surface area contributed by atoms with Gasteiger partial charge < -0.3 is 59.3 Å². The first kappa shape index (κ1) is 39.8. The Morgan fingerprint density at radius 3 is 1.34 bits per heavy atom. The minimum Gasteiger partial charge on any atom is -0.493 e. The highest BCUT2D eigenvalue weighted by Gasteiger charge is 2.66. The summed E-state index contributed by atoms with van der Waals surface area (Å²) in [4.78, 5) is 2.47. The fourth-order valence-electron chi connectivity index (χ4n) is 15.6. The van der Waals surface area contributed by atoms with Crippen molar-refractivity contribution < 1.29 is 43.7 Å². The second-order valence-electron chi connectivity index (χ2n) is 20.4. The maximum atomic E-state index is 10.6. The summed E-state index contributed by atoms with van der Waals surface area (Å²) >= 11 is 0. The van der Waals surface area contributed by atoms with Crippen LogP contribution in [-0.4, -0.2) is 123 Å². The fourth-order valence-corrected chi connectivity index (χ4v) is 15.6. The molecule has 3 spiro atoms. The highest BCUT2D eigenvalue weighted by Crippen LogP contribution is 2.65. The molecule has 15 atom stereocenters. The Morgan fingerprint density at radius 1 is 0.531 bits per heavy atom. The normalized spacial score (nSPS) is 41.3. The van der Waals surface area contributed by atoms with Crippen molar-refractivity contribution in [1.82, 2.24) is 15.5 Å². The molecule has 336 valence electrons. The summed E-state index contributed by atoms with van der Waals surface area (Å²) in [5.41, 5.74) is 7.75. The molecule has 0 amide bonds. The second kappa shape index (κ2) is 14.0. The monoisotopic (exact) mass is 869 g/mol. The molecule has 3 aromatic carbocycles. The van der Waals surface area contributed by atoms with Crippen LogP contribution in [0.3, 0.4) is 0 Å². The highest BCUT2D eigenvalue weighted by atomic mass is 16.5. The van der Waals surface area contributed by atoms with Crippen LogP contribution < -0.4 is 39.1 Å². The minimum atomic E-state index is -0.539. The predicted molar refractivity (Wildman–Crippen MR) is 238 cm³/mol.